The van der Waals surface area contributed by atoms with Crippen molar-refractivity contribution < 1.29 is 14.3 Å². The quantitative estimate of drug-likeness (QED) is 0.802. The van der Waals surface area contributed by atoms with Crippen molar-refractivity contribution in [3.63, 3.8) is 0 Å². The lowest BCUT2D eigenvalue weighted by atomic mass is 10.0. The van der Waals surface area contributed by atoms with Crippen LogP contribution in [0.25, 0.3) is 0 Å². The molecule has 0 unspecified atom stereocenters. The summed E-state index contributed by atoms with van der Waals surface area (Å²) in [4.78, 5) is 14.4. The zero-order chi connectivity index (χ0) is 9.97. The summed E-state index contributed by atoms with van der Waals surface area (Å²) in [6, 6.07) is 0. The zero-order valence-corrected chi connectivity index (χ0v) is 7.90. The third-order valence-electron chi connectivity index (χ3n) is 2.79. The third kappa shape index (κ3) is 1.78. The summed E-state index contributed by atoms with van der Waals surface area (Å²) < 4.78 is 5.10. The second-order valence-electron chi connectivity index (χ2n) is 3.78. The van der Waals surface area contributed by atoms with Crippen LogP contribution in [0.3, 0.4) is 0 Å². The maximum Gasteiger partial charge on any atom is 0.358 e. The molecule has 76 valence electrons. The van der Waals surface area contributed by atoms with Crippen molar-refractivity contribution in [2.45, 2.75) is 32.1 Å². The minimum Gasteiger partial charge on any atom is -0.476 e. The molecule has 1 aromatic heterocycles. The molecule has 0 amide bonds. The van der Waals surface area contributed by atoms with E-state index >= 15 is 0 Å². The molecule has 0 spiro atoms. The van der Waals surface area contributed by atoms with Gasteiger partial charge in [0, 0.05) is 6.42 Å². The summed E-state index contributed by atoms with van der Waals surface area (Å²) in [5.41, 5.74) is 0.0805. The summed E-state index contributed by atoms with van der Waals surface area (Å²) >= 11 is 0. The van der Waals surface area contributed by atoms with Crippen molar-refractivity contribution in [2.75, 3.05) is 0 Å². The van der Waals surface area contributed by atoms with Gasteiger partial charge in [-0.25, -0.2) is 9.78 Å². The van der Waals surface area contributed by atoms with E-state index in [1.54, 1.807) is 0 Å². The van der Waals surface area contributed by atoms with Crippen molar-refractivity contribution in [2.24, 2.45) is 5.92 Å². The van der Waals surface area contributed by atoms with Crippen LogP contribution in [-0.2, 0) is 6.42 Å². The fraction of sp³-hybridized carbons (Fsp3) is 0.600. The van der Waals surface area contributed by atoms with Crippen LogP contribution in [0.15, 0.2) is 10.8 Å². The number of hydrogen-bond acceptors (Lipinski definition) is 3. The molecule has 1 fully saturated rings. The third-order valence-corrected chi connectivity index (χ3v) is 2.79. The monoisotopic (exact) mass is 195 g/mol. The number of aromatic nitrogens is 1. The Morgan fingerprint density at radius 1 is 1.57 bits per heavy atom. The Hall–Kier alpha value is -1.32. The Kier molecular flexibility index (Phi) is 2.52. The van der Waals surface area contributed by atoms with Crippen molar-refractivity contribution in [3.8, 4) is 0 Å². The van der Waals surface area contributed by atoms with Gasteiger partial charge in [-0.2, -0.15) is 0 Å². The van der Waals surface area contributed by atoms with Crippen LogP contribution in [0, 0.1) is 5.92 Å². The molecule has 4 heteroatoms. The van der Waals surface area contributed by atoms with E-state index in [2.05, 4.69) is 4.98 Å². The molecular weight excluding hydrogens is 182 g/mol. The Morgan fingerprint density at radius 3 is 2.93 bits per heavy atom. The van der Waals surface area contributed by atoms with Gasteiger partial charge in [0.1, 0.15) is 5.76 Å². The van der Waals surface area contributed by atoms with Gasteiger partial charge in [-0.15, -0.1) is 0 Å². The van der Waals surface area contributed by atoms with Crippen LogP contribution in [-0.4, -0.2) is 16.1 Å². The van der Waals surface area contributed by atoms with Gasteiger partial charge in [0.05, 0.1) is 0 Å². The van der Waals surface area contributed by atoms with E-state index in [-0.39, 0.29) is 5.69 Å². The molecule has 4 nitrogen and oxygen atoms in total. The highest BCUT2D eigenvalue weighted by molar-refractivity contribution is 5.86. The Morgan fingerprint density at radius 2 is 2.29 bits per heavy atom. The number of hydrogen-bond donors (Lipinski definition) is 1. The highest BCUT2D eigenvalue weighted by atomic mass is 16.4. The average molecular weight is 195 g/mol. The predicted molar refractivity (Wildman–Crippen MR) is 49.1 cm³/mol. The van der Waals surface area contributed by atoms with Gasteiger partial charge >= 0.3 is 5.97 Å². The lowest BCUT2D eigenvalue weighted by Crippen LogP contribution is -2.05. The summed E-state index contributed by atoms with van der Waals surface area (Å²) in [6.45, 7) is 0. The molecule has 1 saturated carbocycles. The van der Waals surface area contributed by atoms with Crippen LogP contribution in [0.1, 0.15) is 41.9 Å². The van der Waals surface area contributed by atoms with Gasteiger partial charge in [0.15, 0.2) is 12.1 Å². The molecule has 0 aromatic carbocycles. The first-order valence-corrected chi connectivity index (χ1v) is 4.93. The average Bonchev–Trinajstić information content (AvgIpc) is 2.75. The minimum absolute atomic E-state index is 0.0805. The SMILES string of the molecule is O=C(O)c1ncoc1CC1CCCC1. The smallest absolute Gasteiger partial charge is 0.358 e. The van der Waals surface area contributed by atoms with E-state index in [9.17, 15) is 4.79 Å². The molecule has 0 bridgehead atoms. The number of nitrogens with zero attached hydrogens (tertiary/aromatic N) is 1. The molecule has 1 heterocycles. The molecule has 1 aromatic rings. The van der Waals surface area contributed by atoms with Crippen molar-refractivity contribution in [3.05, 3.63) is 17.8 Å². The maximum atomic E-state index is 10.7. The number of carboxylic acid groups (broad SMARTS) is 1. The topological polar surface area (TPSA) is 63.3 Å². The summed E-state index contributed by atoms with van der Waals surface area (Å²) in [6.07, 6.45) is 6.80. The molecule has 14 heavy (non-hydrogen) atoms. The van der Waals surface area contributed by atoms with E-state index in [1.807, 2.05) is 0 Å². The molecule has 1 N–H and O–H groups in total. The van der Waals surface area contributed by atoms with Crippen LogP contribution >= 0.6 is 0 Å². The van der Waals surface area contributed by atoms with E-state index in [0.29, 0.717) is 11.7 Å². The van der Waals surface area contributed by atoms with Gasteiger partial charge in [-0.3, -0.25) is 0 Å². The Bertz CT molecular complexity index is 326. The van der Waals surface area contributed by atoms with Crippen LogP contribution in [0.5, 0.6) is 0 Å². The fourth-order valence-electron chi connectivity index (χ4n) is 2.07. The lowest BCUT2D eigenvalue weighted by Gasteiger charge is -2.05. The summed E-state index contributed by atoms with van der Waals surface area (Å²) in [7, 11) is 0. The molecular formula is C10H13NO3. The maximum absolute atomic E-state index is 10.7. The van der Waals surface area contributed by atoms with Gasteiger partial charge in [-0.1, -0.05) is 25.7 Å². The summed E-state index contributed by atoms with van der Waals surface area (Å²) in [5, 5.41) is 8.81. The number of oxazole rings is 1. The Labute approximate surface area is 81.9 Å². The number of aromatic carboxylic acids is 1. The van der Waals surface area contributed by atoms with Crippen LogP contribution in [0.2, 0.25) is 0 Å². The van der Waals surface area contributed by atoms with Gasteiger partial charge in [0.25, 0.3) is 0 Å². The Balaban J connectivity index is 2.07. The van der Waals surface area contributed by atoms with Gasteiger partial charge in [0.2, 0.25) is 0 Å². The molecule has 0 saturated heterocycles. The van der Waals surface area contributed by atoms with E-state index in [4.69, 9.17) is 9.52 Å². The van der Waals surface area contributed by atoms with Gasteiger partial charge < -0.3 is 9.52 Å². The number of rotatable bonds is 3. The van der Waals surface area contributed by atoms with Crippen molar-refractivity contribution in [1.82, 2.24) is 4.98 Å². The van der Waals surface area contributed by atoms with E-state index < -0.39 is 5.97 Å². The second-order valence-corrected chi connectivity index (χ2v) is 3.78. The normalized spacial score (nSPS) is 17.4. The van der Waals surface area contributed by atoms with Crippen LogP contribution in [0.4, 0.5) is 0 Å². The highest BCUT2D eigenvalue weighted by Gasteiger charge is 2.22. The van der Waals surface area contributed by atoms with Gasteiger partial charge in [-0.05, 0) is 5.92 Å². The van der Waals surface area contributed by atoms with Crippen molar-refractivity contribution >= 4 is 5.97 Å². The fourth-order valence-corrected chi connectivity index (χ4v) is 2.07. The van der Waals surface area contributed by atoms with Crippen LogP contribution < -0.4 is 0 Å². The number of carboxylic acids is 1. The highest BCUT2D eigenvalue weighted by Crippen LogP contribution is 2.28. The zero-order valence-electron chi connectivity index (χ0n) is 7.90. The number of carbonyl (C=O) groups is 1. The molecule has 2 rings (SSSR count). The van der Waals surface area contributed by atoms with E-state index in [1.165, 1.54) is 32.1 Å². The molecule has 0 radical (unpaired) electrons. The standard InChI is InChI=1S/C10H13NO3/c12-10(13)9-8(14-6-11-9)5-7-3-1-2-4-7/h6-7H,1-5H2,(H,12,13). The second kappa shape index (κ2) is 3.82. The largest absolute Gasteiger partial charge is 0.476 e. The van der Waals surface area contributed by atoms with E-state index in [0.717, 1.165) is 6.42 Å². The predicted octanol–water partition coefficient (Wildman–Crippen LogP) is 2.11. The minimum atomic E-state index is -0.994. The molecule has 1 aliphatic carbocycles. The van der Waals surface area contributed by atoms with Crippen molar-refractivity contribution in [1.29, 1.82) is 0 Å². The molecule has 1 aliphatic rings. The molecule has 0 aliphatic heterocycles. The first-order chi connectivity index (χ1) is 6.77. The molecule has 0 atom stereocenters. The first kappa shape index (κ1) is 9.24. The summed E-state index contributed by atoms with van der Waals surface area (Å²) in [5.74, 6) is 0.122. The lowest BCUT2D eigenvalue weighted by molar-refractivity contribution is 0.0688. The first-order valence-electron chi connectivity index (χ1n) is 4.93.